The molecule has 0 bridgehead atoms. The van der Waals surface area contributed by atoms with E-state index in [2.05, 4.69) is 10.6 Å². The Labute approximate surface area is 125 Å². The van der Waals surface area contributed by atoms with Gasteiger partial charge in [0.25, 0.3) is 0 Å². The summed E-state index contributed by atoms with van der Waals surface area (Å²) in [6, 6.07) is 10.3. The SMILES string of the molecule is O=C(CNc1ccc(F)c(Cl)c1)NCc1ccccc1F. The third-order valence-electron chi connectivity index (χ3n) is 2.81. The highest BCUT2D eigenvalue weighted by molar-refractivity contribution is 6.31. The van der Waals surface area contributed by atoms with Crippen LogP contribution in [0.2, 0.25) is 5.02 Å². The van der Waals surface area contributed by atoms with Crippen LogP contribution in [0.4, 0.5) is 14.5 Å². The minimum Gasteiger partial charge on any atom is -0.376 e. The van der Waals surface area contributed by atoms with Gasteiger partial charge in [-0.3, -0.25) is 4.79 Å². The van der Waals surface area contributed by atoms with Gasteiger partial charge >= 0.3 is 0 Å². The maximum absolute atomic E-state index is 13.4. The van der Waals surface area contributed by atoms with Crippen molar-refractivity contribution in [1.82, 2.24) is 5.32 Å². The van der Waals surface area contributed by atoms with Crippen molar-refractivity contribution in [3.8, 4) is 0 Å². The van der Waals surface area contributed by atoms with Crippen LogP contribution in [0.1, 0.15) is 5.56 Å². The van der Waals surface area contributed by atoms with Gasteiger partial charge < -0.3 is 10.6 Å². The van der Waals surface area contributed by atoms with Gasteiger partial charge in [-0.1, -0.05) is 29.8 Å². The second-order valence-corrected chi connectivity index (χ2v) is 4.76. The molecule has 0 unspecified atom stereocenters. The highest BCUT2D eigenvalue weighted by Crippen LogP contribution is 2.18. The van der Waals surface area contributed by atoms with E-state index in [4.69, 9.17) is 11.6 Å². The molecule has 0 saturated carbocycles. The quantitative estimate of drug-likeness (QED) is 0.889. The average molecular weight is 311 g/mol. The molecule has 2 aromatic carbocycles. The molecule has 110 valence electrons. The number of nitrogens with one attached hydrogen (secondary N) is 2. The predicted octanol–water partition coefficient (Wildman–Crippen LogP) is 3.35. The van der Waals surface area contributed by atoms with Crippen molar-refractivity contribution in [2.45, 2.75) is 6.54 Å². The molecule has 0 aromatic heterocycles. The molecule has 2 aromatic rings. The number of rotatable bonds is 5. The van der Waals surface area contributed by atoms with Gasteiger partial charge in [0, 0.05) is 17.8 Å². The number of hydrogen-bond acceptors (Lipinski definition) is 2. The summed E-state index contributed by atoms with van der Waals surface area (Å²) in [4.78, 5) is 11.6. The first-order valence-corrected chi connectivity index (χ1v) is 6.63. The minimum absolute atomic E-state index is 0.0174. The molecule has 21 heavy (non-hydrogen) atoms. The molecular weight excluding hydrogens is 298 g/mol. The first-order chi connectivity index (χ1) is 10.1. The normalized spacial score (nSPS) is 10.2. The summed E-state index contributed by atoms with van der Waals surface area (Å²) in [5, 5.41) is 5.37. The summed E-state index contributed by atoms with van der Waals surface area (Å²) in [5.41, 5.74) is 0.943. The Morgan fingerprint density at radius 3 is 2.57 bits per heavy atom. The van der Waals surface area contributed by atoms with Gasteiger partial charge in [0.2, 0.25) is 5.91 Å². The molecule has 0 radical (unpaired) electrons. The Balaban J connectivity index is 1.82. The van der Waals surface area contributed by atoms with Crippen LogP contribution in [-0.4, -0.2) is 12.5 Å². The zero-order valence-corrected chi connectivity index (χ0v) is 11.8. The standard InChI is InChI=1S/C15H13ClF2N2O/c16-12-7-11(5-6-14(12)18)19-9-15(21)20-8-10-3-1-2-4-13(10)17/h1-7,19H,8-9H2,(H,20,21). The molecule has 0 heterocycles. The molecule has 0 fully saturated rings. The molecule has 1 amide bonds. The second-order valence-electron chi connectivity index (χ2n) is 4.35. The van der Waals surface area contributed by atoms with E-state index in [9.17, 15) is 13.6 Å². The highest BCUT2D eigenvalue weighted by Gasteiger charge is 2.05. The second kappa shape index (κ2) is 7.04. The summed E-state index contributed by atoms with van der Waals surface area (Å²) in [6.45, 7) is 0.0910. The van der Waals surface area contributed by atoms with Gasteiger partial charge in [-0.25, -0.2) is 8.78 Å². The monoisotopic (exact) mass is 310 g/mol. The van der Waals surface area contributed by atoms with Crippen molar-refractivity contribution < 1.29 is 13.6 Å². The summed E-state index contributed by atoms with van der Waals surface area (Å²) in [7, 11) is 0. The van der Waals surface area contributed by atoms with E-state index in [1.165, 1.54) is 24.3 Å². The van der Waals surface area contributed by atoms with Crippen LogP contribution in [0, 0.1) is 11.6 Å². The van der Waals surface area contributed by atoms with E-state index in [-0.39, 0.29) is 29.8 Å². The van der Waals surface area contributed by atoms with Crippen LogP contribution in [0.3, 0.4) is 0 Å². The molecule has 6 heteroatoms. The van der Waals surface area contributed by atoms with Crippen LogP contribution in [0.5, 0.6) is 0 Å². The summed E-state index contributed by atoms with van der Waals surface area (Å²) in [5.74, 6) is -1.19. The Kier molecular flexibility index (Phi) is 5.11. The highest BCUT2D eigenvalue weighted by atomic mass is 35.5. The van der Waals surface area contributed by atoms with Crippen LogP contribution in [0.15, 0.2) is 42.5 Å². The lowest BCUT2D eigenvalue weighted by molar-refractivity contribution is -0.119. The molecular formula is C15H13ClF2N2O. The van der Waals surface area contributed by atoms with Gasteiger partial charge in [-0.15, -0.1) is 0 Å². The summed E-state index contributed by atoms with van der Waals surface area (Å²) >= 11 is 5.63. The lowest BCUT2D eigenvalue weighted by Crippen LogP contribution is -2.29. The Hall–Kier alpha value is -2.14. The molecule has 2 N–H and O–H groups in total. The van der Waals surface area contributed by atoms with Crippen molar-refractivity contribution >= 4 is 23.2 Å². The van der Waals surface area contributed by atoms with Crippen molar-refractivity contribution in [3.63, 3.8) is 0 Å². The van der Waals surface area contributed by atoms with E-state index >= 15 is 0 Å². The molecule has 0 spiro atoms. The van der Waals surface area contributed by atoms with Gasteiger partial charge in [0.1, 0.15) is 11.6 Å². The van der Waals surface area contributed by atoms with Crippen LogP contribution in [-0.2, 0) is 11.3 Å². The molecule has 0 aliphatic heterocycles. The zero-order chi connectivity index (χ0) is 15.2. The number of anilines is 1. The van der Waals surface area contributed by atoms with E-state index in [1.807, 2.05) is 0 Å². The average Bonchev–Trinajstić information content (AvgIpc) is 2.47. The molecule has 0 aliphatic carbocycles. The first kappa shape index (κ1) is 15.3. The molecule has 2 rings (SSSR count). The number of amides is 1. The van der Waals surface area contributed by atoms with Crippen molar-refractivity contribution in [3.05, 3.63) is 64.7 Å². The van der Waals surface area contributed by atoms with Gasteiger partial charge in [0.05, 0.1) is 11.6 Å². The number of carbonyl (C=O) groups is 1. The summed E-state index contributed by atoms with van der Waals surface area (Å²) < 4.78 is 26.3. The van der Waals surface area contributed by atoms with Crippen LogP contribution < -0.4 is 10.6 Å². The minimum atomic E-state index is -0.522. The lowest BCUT2D eigenvalue weighted by atomic mass is 10.2. The number of benzene rings is 2. The fourth-order valence-corrected chi connectivity index (χ4v) is 1.87. The maximum Gasteiger partial charge on any atom is 0.239 e. The number of carbonyl (C=O) groups excluding carboxylic acids is 1. The fourth-order valence-electron chi connectivity index (χ4n) is 1.69. The van der Waals surface area contributed by atoms with Crippen molar-refractivity contribution in [2.75, 3.05) is 11.9 Å². The molecule has 3 nitrogen and oxygen atoms in total. The summed E-state index contributed by atoms with van der Waals surface area (Å²) in [6.07, 6.45) is 0. The Morgan fingerprint density at radius 2 is 1.86 bits per heavy atom. The van der Waals surface area contributed by atoms with Crippen LogP contribution in [0.25, 0.3) is 0 Å². The van der Waals surface area contributed by atoms with E-state index in [1.54, 1.807) is 18.2 Å². The smallest absolute Gasteiger partial charge is 0.239 e. The van der Waals surface area contributed by atoms with E-state index in [0.29, 0.717) is 11.3 Å². The predicted molar refractivity (Wildman–Crippen MR) is 78.1 cm³/mol. The van der Waals surface area contributed by atoms with Gasteiger partial charge in [-0.05, 0) is 24.3 Å². The van der Waals surface area contributed by atoms with E-state index in [0.717, 1.165) is 0 Å². The third-order valence-corrected chi connectivity index (χ3v) is 3.10. The fraction of sp³-hybridized carbons (Fsp3) is 0.133. The Bertz CT molecular complexity index is 649. The first-order valence-electron chi connectivity index (χ1n) is 6.25. The number of halogens is 3. The van der Waals surface area contributed by atoms with E-state index < -0.39 is 5.82 Å². The van der Waals surface area contributed by atoms with Crippen molar-refractivity contribution in [2.24, 2.45) is 0 Å². The Morgan fingerprint density at radius 1 is 1.10 bits per heavy atom. The third kappa shape index (κ3) is 4.43. The largest absolute Gasteiger partial charge is 0.376 e. The molecule has 0 aliphatic rings. The topological polar surface area (TPSA) is 41.1 Å². The van der Waals surface area contributed by atoms with Crippen LogP contribution >= 0.6 is 11.6 Å². The van der Waals surface area contributed by atoms with Gasteiger partial charge in [0.15, 0.2) is 0 Å². The zero-order valence-electron chi connectivity index (χ0n) is 11.0. The molecule has 0 saturated heterocycles. The maximum atomic E-state index is 13.4. The van der Waals surface area contributed by atoms with Crippen molar-refractivity contribution in [1.29, 1.82) is 0 Å². The van der Waals surface area contributed by atoms with Gasteiger partial charge in [-0.2, -0.15) is 0 Å². The number of hydrogen-bond donors (Lipinski definition) is 2. The molecule has 0 atom stereocenters. The lowest BCUT2D eigenvalue weighted by Gasteiger charge is -2.09.